The number of carbonyl (C=O) groups is 2. The molecule has 144 valence electrons. The number of carbonyl (C=O) groups excluding carboxylic acids is 2. The second kappa shape index (κ2) is 7.85. The normalized spacial score (nSPS) is 15.5. The summed E-state index contributed by atoms with van der Waals surface area (Å²) in [4.78, 5) is 27.9. The molecule has 1 aromatic carbocycles. The molecule has 0 radical (unpaired) electrons. The fourth-order valence-electron chi connectivity index (χ4n) is 3.02. The Morgan fingerprint density at radius 2 is 1.85 bits per heavy atom. The van der Waals surface area contributed by atoms with Crippen LogP contribution >= 0.6 is 0 Å². The van der Waals surface area contributed by atoms with Crippen molar-refractivity contribution in [3.05, 3.63) is 23.8 Å². The quantitative estimate of drug-likeness (QED) is 0.656. The Kier molecular flexibility index (Phi) is 6.00. The van der Waals surface area contributed by atoms with Gasteiger partial charge in [-0.2, -0.15) is 0 Å². The fraction of sp³-hybridized carbons (Fsp3) is 0.579. The van der Waals surface area contributed by atoms with Gasteiger partial charge in [-0.3, -0.25) is 0 Å². The van der Waals surface area contributed by atoms with Crippen molar-refractivity contribution in [3.8, 4) is 0 Å². The number of likely N-dealkylation sites (tertiary alicyclic amines) is 1. The minimum absolute atomic E-state index is 0.265. The number of anilines is 2. The van der Waals surface area contributed by atoms with Crippen LogP contribution in [0.1, 0.15) is 44.0 Å². The molecule has 1 fully saturated rings. The molecule has 0 spiro atoms. The van der Waals surface area contributed by atoms with Crippen LogP contribution in [0.5, 0.6) is 0 Å². The fourth-order valence-corrected chi connectivity index (χ4v) is 3.02. The first-order valence-electron chi connectivity index (χ1n) is 8.81. The smallest absolute Gasteiger partial charge is 0.410 e. The molecule has 0 aliphatic carbocycles. The van der Waals surface area contributed by atoms with Gasteiger partial charge in [-0.05, 0) is 51.8 Å². The predicted octanol–water partition coefficient (Wildman–Crippen LogP) is 2.89. The van der Waals surface area contributed by atoms with Crippen molar-refractivity contribution >= 4 is 23.4 Å². The van der Waals surface area contributed by atoms with E-state index in [-0.39, 0.29) is 12.1 Å². The lowest BCUT2D eigenvalue weighted by Gasteiger charge is -2.38. The zero-order valence-corrected chi connectivity index (χ0v) is 16.2. The summed E-state index contributed by atoms with van der Waals surface area (Å²) >= 11 is 0. The van der Waals surface area contributed by atoms with Crippen LogP contribution in [-0.2, 0) is 9.47 Å². The Morgan fingerprint density at radius 1 is 1.23 bits per heavy atom. The third-order valence-electron chi connectivity index (χ3n) is 4.51. The van der Waals surface area contributed by atoms with E-state index in [0.29, 0.717) is 24.3 Å². The van der Waals surface area contributed by atoms with E-state index in [0.717, 1.165) is 18.5 Å². The van der Waals surface area contributed by atoms with Gasteiger partial charge >= 0.3 is 12.1 Å². The summed E-state index contributed by atoms with van der Waals surface area (Å²) in [6.45, 7) is 6.88. The van der Waals surface area contributed by atoms with Crippen molar-refractivity contribution in [2.45, 2.75) is 45.3 Å². The standard InChI is InChI=1S/C19H29N3O4/c1-19(2,3)26-18(24)22-10-8-13(9-11-22)21(4)14-6-7-16(20)15(12-14)17(23)25-5/h6-7,12-13H,8-11,20H2,1-5H3. The van der Waals surface area contributed by atoms with Gasteiger partial charge < -0.3 is 25.0 Å². The maximum absolute atomic E-state index is 12.2. The summed E-state index contributed by atoms with van der Waals surface area (Å²) in [7, 11) is 3.32. The Bertz CT molecular complexity index is 661. The van der Waals surface area contributed by atoms with E-state index in [1.54, 1.807) is 17.0 Å². The summed E-state index contributed by atoms with van der Waals surface area (Å²) in [5.41, 5.74) is 7.04. The molecule has 1 saturated heterocycles. The molecule has 1 aliphatic rings. The maximum Gasteiger partial charge on any atom is 0.410 e. The first kappa shape index (κ1) is 19.9. The number of nitrogens with two attached hydrogens (primary N) is 1. The van der Waals surface area contributed by atoms with Gasteiger partial charge in [0.2, 0.25) is 0 Å². The van der Waals surface area contributed by atoms with E-state index in [1.807, 2.05) is 33.9 Å². The van der Waals surface area contributed by atoms with Gasteiger partial charge in [-0.25, -0.2) is 9.59 Å². The maximum atomic E-state index is 12.2. The molecule has 2 N–H and O–H groups in total. The number of benzene rings is 1. The third-order valence-corrected chi connectivity index (χ3v) is 4.51. The Balaban J connectivity index is 2.01. The first-order chi connectivity index (χ1) is 12.1. The Labute approximate surface area is 155 Å². The van der Waals surface area contributed by atoms with Crippen molar-refractivity contribution in [3.63, 3.8) is 0 Å². The molecule has 0 atom stereocenters. The summed E-state index contributed by atoms with van der Waals surface area (Å²) in [5, 5.41) is 0. The number of hydrogen-bond acceptors (Lipinski definition) is 6. The summed E-state index contributed by atoms with van der Waals surface area (Å²) in [6, 6.07) is 5.62. The zero-order chi connectivity index (χ0) is 19.5. The monoisotopic (exact) mass is 363 g/mol. The van der Waals surface area contributed by atoms with Gasteiger partial charge in [0.05, 0.1) is 12.7 Å². The lowest BCUT2D eigenvalue weighted by atomic mass is 10.0. The van der Waals surface area contributed by atoms with Gasteiger partial charge in [0.15, 0.2) is 0 Å². The van der Waals surface area contributed by atoms with Crippen molar-refractivity contribution in [1.29, 1.82) is 0 Å². The molecule has 1 heterocycles. The third kappa shape index (κ3) is 4.80. The molecule has 7 nitrogen and oxygen atoms in total. The first-order valence-corrected chi connectivity index (χ1v) is 8.81. The minimum atomic E-state index is -0.487. The Hall–Kier alpha value is -2.44. The molecule has 7 heteroatoms. The average Bonchev–Trinajstić information content (AvgIpc) is 2.59. The topological polar surface area (TPSA) is 85.1 Å². The molecule has 1 aromatic rings. The largest absolute Gasteiger partial charge is 0.465 e. The van der Waals surface area contributed by atoms with E-state index in [1.165, 1.54) is 7.11 Å². The van der Waals surface area contributed by atoms with Crippen molar-refractivity contribution in [2.75, 3.05) is 37.9 Å². The predicted molar refractivity (Wildman–Crippen MR) is 101 cm³/mol. The van der Waals surface area contributed by atoms with E-state index < -0.39 is 11.6 Å². The highest BCUT2D eigenvalue weighted by atomic mass is 16.6. The van der Waals surface area contributed by atoms with Crippen LogP contribution in [0.3, 0.4) is 0 Å². The lowest BCUT2D eigenvalue weighted by Crippen LogP contribution is -2.47. The van der Waals surface area contributed by atoms with E-state index >= 15 is 0 Å². The molecule has 26 heavy (non-hydrogen) atoms. The highest BCUT2D eigenvalue weighted by Crippen LogP contribution is 2.26. The summed E-state index contributed by atoms with van der Waals surface area (Å²) in [5.74, 6) is -0.447. The number of hydrogen-bond donors (Lipinski definition) is 1. The lowest BCUT2D eigenvalue weighted by molar-refractivity contribution is 0.0205. The van der Waals surface area contributed by atoms with Crippen LogP contribution in [0.25, 0.3) is 0 Å². The van der Waals surface area contributed by atoms with Gasteiger partial charge in [-0.15, -0.1) is 0 Å². The van der Waals surface area contributed by atoms with Crippen molar-refractivity contribution in [2.24, 2.45) is 0 Å². The summed E-state index contributed by atoms with van der Waals surface area (Å²) < 4.78 is 10.2. The van der Waals surface area contributed by atoms with Crippen LogP contribution in [-0.4, -0.2) is 55.9 Å². The highest BCUT2D eigenvalue weighted by Gasteiger charge is 2.28. The number of esters is 1. The molecule has 0 aromatic heterocycles. The van der Waals surface area contributed by atoms with Gasteiger partial charge in [0, 0.05) is 37.6 Å². The van der Waals surface area contributed by atoms with Gasteiger partial charge in [-0.1, -0.05) is 0 Å². The summed E-state index contributed by atoms with van der Waals surface area (Å²) in [6.07, 6.45) is 1.39. The van der Waals surface area contributed by atoms with Crippen molar-refractivity contribution in [1.82, 2.24) is 4.90 Å². The van der Waals surface area contributed by atoms with Crippen LogP contribution in [0.15, 0.2) is 18.2 Å². The van der Waals surface area contributed by atoms with E-state index in [4.69, 9.17) is 15.2 Å². The molecule has 1 amide bonds. The Morgan fingerprint density at radius 3 is 2.38 bits per heavy atom. The molecule has 0 unspecified atom stereocenters. The molecule has 1 aliphatic heterocycles. The van der Waals surface area contributed by atoms with E-state index in [9.17, 15) is 9.59 Å². The highest BCUT2D eigenvalue weighted by molar-refractivity contribution is 5.96. The van der Waals surface area contributed by atoms with Crippen LogP contribution < -0.4 is 10.6 Å². The SMILES string of the molecule is COC(=O)c1cc(N(C)C2CCN(C(=O)OC(C)(C)C)CC2)ccc1N. The number of rotatable bonds is 3. The number of amides is 1. The average molecular weight is 363 g/mol. The number of piperidine rings is 1. The number of ether oxygens (including phenoxy) is 2. The molecular weight excluding hydrogens is 334 g/mol. The second-order valence-electron chi connectivity index (χ2n) is 7.57. The van der Waals surface area contributed by atoms with Crippen molar-refractivity contribution < 1.29 is 19.1 Å². The second-order valence-corrected chi connectivity index (χ2v) is 7.57. The van der Waals surface area contributed by atoms with E-state index in [2.05, 4.69) is 4.90 Å². The number of nitrogens with zero attached hydrogens (tertiary/aromatic N) is 2. The van der Waals surface area contributed by atoms with Crippen LogP contribution in [0, 0.1) is 0 Å². The van der Waals surface area contributed by atoms with Crippen LogP contribution in [0.2, 0.25) is 0 Å². The molecule has 0 saturated carbocycles. The van der Waals surface area contributed by atoms with Crippen LogP contribution in [0.4, 0.5) is 16.2 Å². The minimum Gasteiger partial charge on any atom is -0.465 e. The zero-order valence-electron chi connectivity index (χ0n) is 16.2. The van der Waals surface area contributed by atoms with Gasteiger partial charge in [0.1, 0.15) is 5.60 Å². The van der Waals surface area contributed by atoms with Gasteiger partial charge in [0.25, 0.3) is 0 Å². The number of methoxy groups -OCH3 is 1. The molecule has 2 rings (SSSR count). The molecule has 0 bridgehead atoms. The number of nitrogen functional groups attached to an aromatic ring is 1. The molecular formula is C19H29N3O4.